The van der Waals surface area contributed by atoms with Crippen molar-refractivity contribution in [3.05, 3.63) is 0 Å². The maximum Gasteiger partial charge on any atom is 0.0200 e. The van der Waals surface area contributed by atoms with Crippen LogP contribution in [0.15, 0.2) is 0 Å². The van der Waals surface area contributed by atoms with Gasteiger partial charge in [-0.3, -0.25) is 4.90 Å². The molecule has 0 spiro atoms. The Labute approximate surface area is 126 Å². The fourth-order valence-corrected chi connectivity index (χ4v) is 3.55. The topological polar surface area (TPSA) is 18.5 Å². The van der Waals surface area contributed by atoms with Gasteiger partial charge in [-0.15, -0.1) is 0 Å². The lowest BCUT2D eigenvalue weighted by Crippen LogP contribution is -2.60. The fourth-order valence-electron chi connectivity index (χ4n) is 3.55. The molecule has 2 heterocycles. The third-order valence-corrected chi connectivity index (χ3v) is 4.56. The monoisotopic (exact) mass is 281 g/mol. The van der Waals surface area contributed by atoms with Crippen LogP contribution in [0, 0.1) is 5.92 Å². The standard InChI is InChI=1S/C17H35N3/c1-16(2,3)18-15-8-7-9-19(13-15)10-14-11-20(12-14)17(4,5)6/h14-15,18H,7-13H2,1-6H3/t15-/m0/s1. The molecular weight excluding hydrogens is 246 g/mol. The van der Waals surface area contributed by atoms with Gasteiger partial charge in [0.15, 0.2) is 0 Å². The van der Waals surface area contributed by atoms with Gasteiger partial charge in [0.25, 0.3) is 0 Å². The van der Waals surface area contributed by atoms with Crippen molar-refractivity contribution >= 4 is 0 Å². The third-order valence-electron chi connectivity index (χ3n) is 4.56. The summed E-state index contributed by atoms with van der Waals surface area (Å²) in [6, 6.07) is 0.683. The molecule has 118 valence electrons. The number of rotatable bonds is 3. The summed E-state index contributed by atoms with van der Waals surface area (Å²) in [4.78, 5) is 5.30. The van der Waals surface area contributed by atoms with Gasteiger partial charge in [0, 0.05) is 43.3 Å². The first-order valence-corrected chi connectivity index (χ1v) is 8.38. The van der Waals surface area contributed by atoms with Crippen molar-refractivity contribution in [1.29, 1.82) is 0 Å². The van der Waals surface area contributed by atoms with E-state index in [4.69, 9.17) is 0 Å². The highest BCUT2D eigenvalue weighted by atomic mass is 15.3. The molecule has 0 aromatic heterocycles. The second-order valence-corrected chi connectivity index (χ2v) is 8.93. The molecule has 2 saturated heterocycles. The van der Waals surface area contributed by atoms with Crippen LogP contribution in [0.25, 0.3) is 0 Å². The number of likely N-dealkylation sites (tertiary alicyclic amines) is 2. The molecule has 1 N–H and O–H groups in total. The third kappa shape index (κ3) is 4.71. The lowest BCUT2D eigenvalue weighted by molar-refractivity contribution is -0.00658. The molecule has 0 amide bonds. The number of piperidine rings is 1. The zero-order chi connectivity index (χ0) is 15.0. The molecule has 2 rings (SSSR count). The molecule has 2 fully saturated rings. The minimum Gasteiger partial charge on any atom is -0.308 e. The van der Waals surface area contributed by atoms with Crippen LogP contribution in [0.5, 0.6) is 0 Å². The van der Waals surface area contributed by atoms with Crippen molar-refractivity contribution < 1.29 is 0 Å². The van der Waals surface area contributed by atoms with E-state index in [1.165, 1.54) is 45.6 Å². The Hall–Kier alpha value is -0.120. The van der Waals surface area contributed by atoms with Crippen LogP contribution in [0.2, 0.25) is 0 Å². The molecule has 3 heteroatoms. The molecule has 0 aromatic carbocycles. The Bertz CT molecular complexity index is 307. The number of hydrogen-bond acceptors (Lipinski definition) is 3. The van der Waals surface area contributed by atoms with Gasteiger partial charge in [0.1, 0.15) is 0 Å². The van der Waals surface area contributed by atoms with Crippen molar-refractivity contribution in [2.75, 3.05) is 32.7 Å². The van der Waals surface area contributed by atoms with E-state index >= 15 is 0 Å². The molecule has 20 heavy (non-hydrogen) atoms. The van der Waals surface area contributed by atoms with E-state index in [1.807, 2.05) is 0 Å². The highest BCUT2D eigenvalue weighted by Gasteiger charge is 2.35. The molecule has 0 radical (unpaired) electrons. The van der Waals surface area contributed by atoms with Gasteiger partial charge in [0.05, 0.1) is 0 Å². The predicted molar refractivity (Wildman–Crippen MR) is 87.2 cm³/mol. The molecule has 0 saturated carbocycles. The SMILES string of the molecule is CC(C)(C)N[C@H]1CCCN(CC2CN(C(C)(C)C)C2)C1. The normalized spacial score (nSPS) is 27.6. The minimum atomic E-state index is 0.243. The van der Waals surface area contributed by atoms with Crippen molar-refractivity contribution in [3.63, 3.8) is 0 Å². The van der Waals surface area contributed by atoms with E-state index in [9.17, 15) is 0 Å². The smallest absolute Gasteiger partial charge is 0.0200 e. The van der Waals surface area contributed by atoms with Gasteiger partial charge in [-0.2, -0.15) is 0 Å². The molecule has 2 aliphatic heterocycles. The lowest BCUT2D eigenvalue weighted by Gasteiger charge is -2.49. The molecule has 0 aromatic rings. The molecule has 0 unspecified atom stereocenters. The van der Waals surface area contributed by atoms with Crippen LogP contribution >= 0.6 is 0 Å². The van der Waals surface area contributed by atoms with E-state index in [2.05, 4.69) is 56.7 Å². The maximum absolute atomic E-state index is 3.78. The summed E-state index contributed by atoms with van der Waals surface area (Å²) in [5, 5.41) is 3.78. The van der Waals surface area contributed by atoms with Gasteiger partial charge >= 0.3 is 0 Å². The van der Waals surface area contributed by atoms with Gasteiger partial charge in [0.2, 0.25) is 0 Å². The zero-order valence-electron chi connectivity index (χ0n) is 14.5. The van der Waals surface area contributed by atoms with Gasteiger partial charge in [-0.1, -0.05) is 0 Å². The summed E-state index contributed by atoms with van der Waals surface area (Å²) in [6.07, 6.45) is 2.69. The Balaban J connectivity index is 1.72. The first-order chi connectivity index (χ1) is 9.13. The van der Waals surface area contributed by atoms with Crippen LogP contribution in [0.1, 0.15) is 54.4 Å². The van der Waals surface area contributed by atoms with Gasteiger partial charge in [-0.05, 0) is 66.8 Å². The van der Waals surface area contributed by atoms with Gasteiger partial charge < -0.3 is 10.2 Å². The summed E-state index contributed by atoms with van der Waals surface area (Å²) < 4.78 is 0. The first kappa shape index (κ1) is 16.3. The average Bonchev–Trinajstić information content (AvgIpc) is 2.19. The molecule has 0 bridgehead atoms. The Morgan fingerprint density at radius 2 is 1.65 bits per heavy atom. The van der Waals surface area contributed by atoms with Crippen LogP contribution in [0.3, 0.4) is 0 Å². The maximum atomic E-state index is 3.78. The van der Waals surface area contributed by atoms with Crippen LogP contribution < -0.4 is 5.32 Å². The van der Waals surface area contributed by atoms with E-state index in [-0.39, 0.29) is 5.54 Å². The second kappa shape index (κ2) is 5.94. The van der Waals surface area contributed by atoms with E-state index < -0.39 is 0 Å². The minimum absolute atomic E-state index is 0.243. The van der Waals surface area contributed by atoms with Gasteiger partial charge in [-0.25, -0.2) is 0 Å². The van der Waals surface area contributed by atoms with Crippen LogP contribution in [0.4, 0.5) is 0 Å². The highest BCUT2D eigenvalue weighted by Crippen LogP contribution is 2.26. The zero-order valence-corrected chi connectivity index (χ0v) is 14.5. The van der Waals surface area contributed by atoms with Crippen molar-refractivity contribution in [1.82, 2.24) is 15.1 Å². The average molecular weight is 281 g/mol. The summed E-state index contributed by atoms with van der Waals surface area (Å²) >= 11 is 0. The second-order valence-electron chi connectivity index (χ2n) is 8.93. The number of hydrogen-bond donors (Lipinski definition) is 1. The van der Waals surface area contributed by atoms with Crippen molar-refractivity contribution in [3.8, 4) is 0 Å². The Morgan fingerprint density at radius 1 is 1.00 bits per heavy atom. The predicted octanol–water partition coefficient (Wildman–Crippen LogP) is 2.57. The molecule has 1 atom stereocenters. The summed E-state index contributed by atoms with van der Waals surface area (Å²) in [6.45, 7) is 20.2. The largest absolute Gasteiger partial charge is 0.308 e. The fraction of sp³-hybridized carbons (Fsp3) is 1.00. The summed E-state index contributed by atoms with van der Waals surface area (Å²) in [7, 11) is 0. The Morgan fingerprint density at radius 3 is 2.20 bits per heavy atom. The summed E-state index contributed by atoms with van der Waals surface area (Å²) in [5.74, 6) is 0.891. The quantitative estimate of drug-likeness (QED) is 0.858. The molecule has 2 aliphatic rings. The number of nitrogens with zero attached hydrogens (tertiary/aromatic N) is 2. The molecule has 0 aliphatic carbocycles. The summed E-state index contributed by atoms with van der Waals surface area (Å²) in [5.41, 5.74) is 0.599. The van der Waals surface area contributed by atoms with E-state index in [1.54, 1.807) is 0 Å². The molecular formula is C17H35N3. The van der Waals surface area contributed by atoms with Crippen LogP contribution in [-0.4, -0.2) is 59.6 Å². The van der Waals surface area contributed by atoms with E-state index in [0.717, 1.165) is 5.92 Å². The van der Waals surface area contributed by atoms with Crippen molar-refractivity contribution in [2.24, 2.45) is 5.92 Å². The van der Waals surface area contributed by atoms with Crippen molar-refractivity contribution in [2.45, 2.75) is 71.5 Å². The van der Waals surface area contributed by atoms with E-state index in [0.29, 0.717) is 11.6 Å². The Kier molecular flexibility index (Phi) is 4.83. The lowest BCUT2D eigenvalue weighted by atomic mass is 9.91. The van der Waals surface area contributed by atoms with Crippen LogP contribution in [-0.2, 0) is 0 Å². The number of nitrogens with one attached hydrogen (secondary N) is 1. The first-order valence-electron chi connectivity index (χ1n) is 8.38. The molecule has 3 nitrogen and oxygen atoms in total. The highest BCUT2D eigenvalue weighted by molar-refractivity contribution is 4.91.